The summed E-state index contributed by atoms with van der Waals surface area (Å²) >= 11 is 0. The molecule has 0 aliphatic carbocycles. The van der Waals surface area contributed by atoms with Gasteiger partial charge in [0.05, 0.1) is 25.7 Å². The second kappa shape index (κ2) is 5.14. The van der Waals surface area contributed by atoms with Crippen LogP contribution < -0.4 is 4.90 Å². The highest BCUT2D eigenvalue weighted by Gasteiger charge is 2.25. The summed E-state index contributed by atoms with van der Waals surface area (Å²) in [6, 6.07) is 3.79. The van der Waals surface area contributed by atoms with Crippen molar-refractivity contribution in [2.45, 2.75) is 19.4 Å². The number of aryl methyl sites for hydroxylation is 1. The summed E-state index contributed by atoms with van der Waals surface area (Å²) in [5.41, 5.74) is 1.95. The molecule has 1 aromatic rings. The predicted octanol–water partition coefficient (Wildman–Crippen LogP) is 1.07. The molecule has 2 rings (SSSR count). The fourth-order valence-corrected chi connectivity index (χ4v) is 2.07. The first-order chi connectivity index (χ1) is 8.16. The van der Waals surface area contributed by atoms with Crippen LogP contribution in [-0.4, -0.2) is 41.9 Å². The summed E-state index contributed by atoms with van der Waals surface area (Å²) in [6.07, 6.45) is 1.85. The molecule has 0 spiro atoms. The van der Waals surface area contributed by atoms with Crippen LogP contribution in [0.25, 0.3) is 0 Å². The molecule has 1 aliphatic heterocycles. The number of carboxylic acids is 1. The van der Waals surface area contributed by atoms with Gasteiger partial charge in [0.25, 0.3) is 0 Å². The van der Waals surface area contributed by atoms with Crippen LogP contribution in [0.5, 0.6) is 0 Å². The fourth-order valence-electron chi connectivity index (χ4n) is 2.07. The SMILES string of the molecule is Cc1cc(N2CCOCC2CC(=O)O)ccn1. The number of anilines is 1. The Morgan fingerprint density at radius 2 is 2.53 bits per heavy atom. The topological polar surface area (TPSA) is 62.7 Å². The number of hydrogen-bond donors (Lipinski definition) is 1. The average molecular weight is 236 g/mol. The van der Waals surface area contributed by atoms with Gasteiger partial charge in [-0.2, -0.15) is 0 Å². The summed E-state index contributed by atoms with van der Waals surface area (Å²) < 4.78 is 5.34. The van der Waals surface area contributed by atoms with E-state index in [0.717, 1.165) is 17.9 Å². The number of carboxylic acid groups (broad SMARTS) is 1. The Hall–Kier alpha value is -1.62. The number of rotatable bonds is 3. The third kappa shape index (κ3) is 2.94. The lowest BCUT2D eigenvalue weighted by Crippen LogP contribution is -2.46. The Labute approximate surface area is 100 Å². The van der Waals surface area contributed by atoms with Crippen molar-refractivity contribution < 1.29 is 14.6 Å². The van der Waals surface area contributed by atoms with Crippen molar-refractivity contribution in [3.8, 4) is 0 Å². The first kappa shape index (κ1) is 11.9. The minimum Gasteiger partial charge on any atom is -0.481 e. The highest BCUT2D eigenvalue weighted by atomic mass is 16.5. The molecule has 5 nitrogen and oxygen atoms in total. The van der Waals surface area contributed by atoms with Gasteiger partial charge in [0.15, 0.2) is 0 Å². The maximum absolute atomic E-state index is 10.8. The van der Waals surface area contributed by atoms with E-state index >= 15 is 0 Å². The van der Waals surface area contributed by atoms with Gasteiger partial charge in [-0.1, -0.05) is 0 Å². The molecular weight excluding hydrogens is 220 g/mol. The predicted molar refractivity (Wildman–Crippen MR) is 63.2 cm³/mol. The summed E-state index contributed by atoms with van der Waals surface area (Å²) in [5, 5.41) is 8.89. The van der Waals surface area contributed by atoms with Crippen LogP contribution in [0.1, 0.15) is 12.1 Å². The lowest BCUT2D eigenvalue weighted by Gasteiger charge is -2.36. The van der Waals surface area contributed by atoms with Crippen molar-refractivity contribution >= 4 is 11.7 Å². The van der Waals surface area contributed by atoms with Gasteiger partial charge in [0.1, 0.15) is 0 Å². The summed E-state index contributed by atoms with van der Waals surface area (Å²) in [7, 11) is 0. The zero-order valence-electron chi connectivity index (χ0n) is 9.80. The normalized spacial score (nSPS) is 20.3. The number of carbonyl (C=O) groups is 1. The second-order valence-corrected chi connectivity index (χ2v) is 4.18. The van der Waals surface area contributed by atoms with E-state index in [1.165, 1.54) is 0 Å². The van der Waals surface area contributed by atoms with Crippen LogP contribution in [0.3, 0.4) is 0 Å². The van der Waals surface area contributed by atoms with Gasteiger partial charge in [-0.25, -0.2) is 0 Å². The number of nitrogens with zero attached hydrogens (tertiary/aromatic N) is 2. The van der Waals surface area contributed by atoms with E-state index in [9.17, 15) is 4.79 Å². The molecule has 1 fully saturated rings. The van der Waals surface area contributed by atoms with Crippen molar-refractivity contribution in [3.05, 3.63) is 24.0 Å². The Bertz CT molecular complexity index is 408. The van der Waals surface area contributed by atoms with Crippen LogP contribution in [0.4, 0.5) is 5.69 Å². The molecule has 1 saturated heterocycles. The van der Waals surface area contributed by atoms with Crippen LogP contribution in [0.15, 0.2) is 18.3 Å². The Kier molecular flexibility index (Phi) is 3.58. The molecule has 5 heteroatoms. The van der Waals surface area contributed by atoms with Crippen molar-refractivity contribution in [3.63, 3.8) is 0 Å². The zero-order valence-corrected chi connectivity index (χ0v) is 9.80. The molecule has 0 bridgehead atoms. The highest BCUT2D eigenvalue weighted by molar-refractivity contribution is 5.68. The van der Waals surface area contributed by atoms with Crippen LogP contribution in [0, 0.1) is 6.92 Å². The Balaban J connectivity index is 2.18. The molecular formula is C12H16N2O3. The lowest BCUT2D eigenvalue weighted by molar-refractivity contribution is -0.138. The van der Waals surface area contributed by atoms with E-state index in [1.807, 2.05) is 19.1 Å². The van der Waals surface area contributed by atoms with Gasteiger partial charge >= 0.3 is 5.97 Å². The molecule has 1 atom stereocenters. The van der Waals surface area contributed by atoms with Gasteiger partial charge in [0, 0.05) is 24.1 Å². The van der Waals surface area contributed by atoms with Gasteiger partial charge in [-0.15, -0.1) is 0 Å². The minimum atomic E-state index is -0.795. The van der Waals surface area contributed by atoms with E-state index in [1.54, 1.807) is 6.20 Å². The fraction of sp³-hybridized carbons (Fsp3) is 0.500. The maximum atomic E-state index is 10.8. The number of aliphatic carboxylic acids is 1. The monoisotopic (exact) mass is 236 g/mol. The molecule has 0 saturated carbocycles. The first-order valence-electron chi connectivity index (χ1n) is 5.65. The molecule has 0 aromatic carbocycles. The van der Waals surface area contributed by atoms with Crippen molar-refractivity contribution in [2.24, 2.45) is 0 Å². The minimum absolute atomic E-state index is 0.0944. The smallest absolute Gasteiger partial charge is 0.305 e. The van der Waals surface area contributed by atoms with E-state index in [-0.39, 0.29) is 12.5 Å². The lowest BCUT2D eigenvalue weighted by atomic mass is 10.1. The van der Waals surface area contributed by atoms with Gasteiger partial charge in [-0.05, 0) is 19.1 Å². The number of pyridine rings is 1. The first-order valence-corrected chi connectivity index (χ1v) is 5.65. The largest absolute Gasteiger partial charge is 0.481 e. The van der Waals surface area contributed by atoms with E-state index in [0.29, 0.717) is 13.2 Å². The van der Waals surface area contributed by atoms with Crippen LogP contribution in [0.2, 0.25) is 0 Å². The number of aromatic nitrogens is 1. The molecule has 1 aromatic heterocycles. The highest BCUT2D eigenvalue weighted by Crippen LogP contribution is 2.21. The molecule has 92 valence electrons. The molecule has 1 N–H and O–H groups in total. The standard InChI is InChI=1S/C12H16N2O3/c1-9-6-10(2-3-13-9)14-4-5-17-8-11(14)7-12(15)16/h2-3,6,11H,4-5,7-8H2,1H3,(H,15,16). The molecule has 2 heterocycles. The second-order valence-electron chi connectivity index (χ2n) is 4.18. The summed E-state index contributed by atoms with van der Waals surface area (Å²) in [4.78, 5) is 17.1. The summed E-state index contributed by atoms with van der Waals surface area (Å²) in [5.74, 6) is -0.795. The van der Waals surface area contributed by atoms with Gasteiger partial charge in [-0.3, -0.25) is 9.78 Å². The maximum Gasteiger partial charge on any atom is 0.305 e. The van der Waals surface area contributed by atoms with E-state index < -0.39 is 5.97 Å². The number of hydrogen-bond acceptors (Lipinski definition) is 4. The van der Waals surface area contributed by atoms with E-state index in [4.69, 9.17) is 9.84 Å². The Morgan fingerprint density at radius 3 is 3.24 bits per heavy atom. The molecule has 0 amide bonds. The quantitative estimate of drug-likeness (QED) is 0.850. The van der Waals surface area contributed by atoms with E-state index in [2.05, 4.69) is 9.88 Å². The van der Waals surface area contributed by atoms with Gasteiger partial charge in [0.2, 0.25) is 0 Å². The molecule has 1 unspecified atom stereocenters. The third-order valence-electron chi connectivity index (χ3n) is 2.85. The molecule has 1 aliphatic rings. The zero-order chi connectivity index (χ0) is 12.3. The molecule has 17 heavy (non-hydrogen) atoms. The van der Waals surface area contributed by atoms with Crippen LogP contribution in [-0.2, 0) is 9.53 Å². The van der Waals surface area contributed by atoms with Crippen molar-refractivity contribution in [1.29, 1.82) is 0 Å². The number of ether oxygens (including phenoxy) is 1. The Morgan fingerprint density at radius 1 is 1.71 bits per heavy atom. The van der Waals surface area contributed by atoms with Crippen LogP contribution >= 0.6 is 0 Å². The van der Waals surface area contributed by atoms with Gasteiger partial charge < -0.3 is 14.7 Å². The number of morpholine rings is 1. The van der Waals surface area contributed by atoms with Crippen molar-refractivity contribution in [2.75, 3.05) is 24.7 Å². The average Bonchev–Trinajstić information content (AvgIpc) is 2.29. The third-order valence-corrected chi connectivity index (χ3v) is 2.85. The summed E-state index contributed by atoms with van der Waals surface area (Å²) in [6.45, 7) is 3.75. The molecule has 0 radical (unpaired) electrons. The van der Waals surface area contributed by atoms with Crippen molar-refractivity contribution in [1.82, 2.24) is 4.98 Å².